The van der Waals surface area contributed by atoms with E-state index in [0.29, 0.717) is 26.7 Å². The Kier molecular flexibility index (Phi) is 7.16. The Balaban J connectivity index is 1.17. The first kappa shape index (κ1) is 29.6. The zero-order valence-electron chi connectivity index (χ0n) is 32.6. The molecule has 52 heavy (non-hydrogen) atoms. The van der Waals surface area contributed by atoms with Crippen LogP contribution in [0.3, 0.4) is 0 Å². The van der Waals surface area contributed by atoms with Crippen molar-refractivity contribution in [2.45, 2.75) is 57.9 Å². The monoisotopic (exact) mass is 862 g/mol. The van der Waals surface area contributed by atoms with Crippen molar-refractivity contribution >= 4 is 32.8 Å². The summed E-state index contributed by atoms with van der Waals surface area (Å²) in [5, 5.41) is 2.17. The number of hydrogen-bond donors (Lipinski definition) is 0. The van der Waals surface area contributed by atoms with E-state index in [1.165, 1.54) is 15.7 Å². The van der Waals surface area contributed by atoms with Gasteiger partial charge in [0.1, 0.15) is 0 Å². The fraction of sp³-hybridized carbons (Fsp3) is 0.217. The first-order valence-electron chi connectivity index (χ1n) is 19.3. The molecule has 0 fully saturated rings. The van der Waals surface area contributed by atoms with E-state index in [-0.39, 0.29) is 11.5 Å². The van der Waals surface area contributed by atoms with E-state index < -0.39 is 6.98 Å². The Bertz CT molecular complexity index is 2830. The van der Waals surface area contributed by atoms with Gasteiger partial charge in [-0.1, -0.05) is 63.2 Å². The standard InChI is InChI=1S/C46H40N4O.Pt/c1-30-15-21-40(49-29-48(5)42-13-9-10-14-43(42)49)39-27-34(17-19-36(30)39)51-35-18-20-37-38-25-32(31-11-7-6-8-12-31)16-22-41(38)50(44(37)28-35)45-26-33(23-24-47-45)46(2,3)4;/h6-14,16-20,22-26,30,40H,15,21H2,1-5H3;/q-2;/i5D3;. The number of para-hydroxylation sites is 2. The summed E-state index contributed by atoms with van der Waals surface area (Å²) in [5.74, 6) is 2.32. The number of rotatable bonds is 5. The summed E-state index contributed by atoms with van der Waals surface area (Å²) in [6.45, 7) is 6.58. The van der Waals surface area contributed by atoms with E-state index in [9.17, 15) is 0 Å². The Morgan fingerprint density at radius 1 is 0.788 bits per heavy atom. The van der Waals surface area contributed by atoms with Gasteiger partial charge in [-0.05, 0) is 40.3 Å². The number of aryl methyl sites for hydroxylation is 1. The van der Waals surface area contributed by atoms with Gasteiger partial charge in [0.05, 0.1) is 0 Å². The molecule has 0 saturated carbocycles. The molecule has 8 aromatic rings. The number of benzene rings is 5. The Morgan fingerprint density at radius 3 is 2.37 bits per heavy atom. The van der Waals surface area contributed by atoms with Crippen molar-refractivity contribution in [3.63, 3.8) is 0 Å². The van der Waals surface area contributed by atoms with E-state index in [2.05, 4.69) is 135 Å². The van der Waals surface area contributed by atoms with Crippen LogP contribution in [0, 0.1) is 15.9 Å². The van der Waals surface area contributed by atoms with E-state index in [1.54, 1.807) is 0 Å². The van der Waals surface area contributed by atoms with Gasteiger partial charge in [0.25, 0.3) is 0 Å². The molecule has 0 saturated heterocycles. The van der Waals surface area contributed by atoms with Gasteiger partial charge in [0, 0.05) is 6.20 Å². The van der Waals surface area contributed by atoms with Gasteiger partial charge < -0.3 is 0 Å². The van der Waals surface area contributed by atoms with Gasteiger partial charge >= 0.3 is 206 Å². The van der Waals surface area contributed by atoms with Crippen LogP contribution in [0.5, 0.6) is 11.5 Å². The van der Waals surface area contributed by atoms with E-state index in [0.717, 1.165) is 62.7 Å². The number of hydrogen-bond acceptors (Lipinski definition) is 2. The van der Waals surface area contributed by atoms with Gasteiger partial charge in [-0.25, -0.2) is 4.98 Å². The molecule has 0 spiro atoms. The predicted octanol–water partition coefficient (Wildman–Crippen LogP) is 11.4. The molecule has 262 valence electrons. The minimum atomic E-state index is -2.31. The second-order valence-electron chi connectivity index (χ2n) is 14.9. The number of nitrogens with zero attached hydrogens (tertiary/aromatic N) is 4. The number of fused-ring (bicyclic) bond motifs is 5. The number of imidazole rings is 1. The number of aromatic nitrogens is 4. The fourth-order valence-electron chi connectivity index (χ4n) is 7.83. The third-order valence-electron chi connectivity index (χ3n) is 10.6. The summed E-state index contributed by atoms with van der Waals surface area (Å²) in [6.07, 6.45) is 3.72. The van der Waals surface area contributed by atoms with E-state index in [4.69, 9.17) is 13.8 Å². The molecular formula is C46H40N4OPt-2. The van der Waals surface area contributed by atoms with Crippen molar-refractivity contribution in [3.05, 3.63) is 148 Å². The summed E-state index contributed by atoms with van der Waals surface area (Å²) in [4.78, 5) is 4.88. The Morgan fingerprint density at radius 2 is 1.56 bits per heavy atom. The average molecular weight is 863 g/mol. The molecule has 5 aromatic carbocycles. The van der Waals surface area contributed by atoms with Crippen LogP contribution in [0.15, 0.2) is 115 Å². The molecule has 0 amide bonds. The van der Waals surface area contributed by atoms with Crippen LogP contribution in [0.2, 0.25) is 0 Å². The maximum absolute atomic E-state index is 8.35. The van der Waals surface area contributed by atoms with Crippen molar-refractivity contribution < 1.29 is 28.2 Å². The molecule has 9 rings (SSSR count). The first-order chi connectivity index (χ1) is 26.4. The molecular weight excluding hydrogens is 820 g/mol. The first-order valence-corrected chi connectivity index (χ1v) is 18.9. The van der Waals surface area contributed by atoms with Crippen molar-refractivity contribution in [1.29, 1.82) is 0 Å². The van der Waals surface area contributed by atoms with Crippen molar-refractivity contribution in [2.24, 2.45) is 6.98 Å². The topological polar surface area (TPSA) is 36.9 Å². The zero-order valence-corrected chi connectivity index (χ0v) is 31.8. The Labute approximate surface area is 319 Å². The second kappa shape index (κ2) is 12.6. The third kappa shape index (κ3) is 5.49. The predicted molar refractivity (Wildman–Crippen MR) is 207 cm³/mol. The molecule has 0 aliphatic heterocycles. The summed E-state index contributed by atoms with van der Waals surface area (Å²) >= 11 is 2.17. The Hall–Kier alpha value is -4.99. The minimum absolute atomic E-state index is 0.0510. The van der Waals surface area contributed by atoms with Crippen LogP contribution in [-0.4, -0.2) is 18.7 Å². The van der Waals surface area contributed by atoms with Crippen LogP contribution in [-0.2, 0) is 31.7 Å². The number of pyridine rings is 1. The van der Waals surface area contributed by atoms with Gasteiger partial charge in [-0.15, -0.1) is 0 Å². The molecule has 2 unspecified atom stereocenters. The van der Waals surface area contributed by atoms with Gasteiger partial charge in [0.2, 0.25) is 0 Å². The molecule has 0 radical (unpaired) electrons. The molecule has 0 N–H and O–H groups in total. The molecule has 3 heterocycles. The van der Waals surface area contributed by atoms with E-state index in [1.807, 2.05) is 48.7 Å². The molecule has 5 nitrogen and oxygen atoms in total. The molecule has 1 aliphatic carbocycles. The van der Waals surface area contributed by atoms with Gasteiger partial charge in [-0.2, -0.15) is 0 Å². The molecule has 6 heteroatoms. The number of ether oxygens (including phenoxy) is 1. The van der Waals surface area contributed by atoms with Crippen LogP contribution in [0.25, 0.3) is 49.8 Å². The summed E-state index contributed by atoms with van der Waals surface area (Å²) in [5.41, 5.74) is 9.19. The van der Waals surface area contributed by atoms with Crippen molar-refractivity contribution in [2.75, 3.05) is 0 Å². The molecule has 3 aromatic heterocycles. The van der Waals surface area contributed by atoms with Crippen LogP contribution in [0.4, 0.5) is 0 Å². The maximum atomic E-state index is 8.35. The van der Waals surface area contributed by atoms with Gasteiger partial charge in [0.15, 0.2) is 0 Å². The van der Waals surface area contributed by atoms with Crippen LogP contribution in [0.1, 0.15) is 73.3 Å². The van der Waals surface area contributed by atoms with Gasteiger partial charge in [-0.3, -0.25) is 0 Å². The molecule has 0 bridgehead atoms. The zero-order chi connectivity index (χ0) is 38.2. The molecule has 2 atom stereocenters. The van der Waals surface area contributed by atoms with Crippen molar-refractivity contribution in [3.8, 4) is 28.4 Å². The fourth-order valence-corrected chi connectivity index (χ4v) is 8.73. The second-order valence-corrected chi connectivity index (χ2v) is 15.9. The molecule has 1 aliphatic rings. The summed E-state index contributed by atoms with van der Waals surface area (Å²) in [6, 6.07) is 44.5. The van der Waals surface area contributed by atoms with E-state index >= 15 is 0 Å². The van der Waals surface area contributed by atoms with Crippen LogP contribution >= 0.6 is 0 Å². The normalized spacial score (nSPS) is 17.2. The quantitative estimate of drug-likeness (QED) is 0.162. The SMILES string of the molecule is [2H]C([2H])([2H])n1[c](=[Pt])n(C2CCC(C)c3ccc(Oc4[c-]c5c(cc4)c4cc(-c6ccccc6)ccc4n5-c4cc(C(C)(C)C)ccn4)[c-]c32)c2ccccc21. The summed E-state index contributed by atoms with van der Waals surface area (Å²) in [7, 11) is 0. The summed E-state index contributed by atoms with van der Waals surface area (Å²) < 4.78 is 38.2. The average Bonchev–Trinajstić information content (AvgIpc) is 3.65. The third-order valence-corrected chi connectivity index (χ3v) is 11.6. The van der Waals surface area contributed by atoms with Crippen LogP contribution < -0.4 is 4.74 Å². The van der Waals surface area contributed by atoms with Crippen molar-refractivity contribution in [1.82, 2.24) is 18.7 Å².